The second-order valence-corrected chi connectivity index (χ2v) is 4.77. The minimum atomic E-state index is -0.176. The molecule has 20 heavy (non-hydrogen) atoms. The first-order chi connectivity index (χ1) is 9.11. The molecular formula is C13H18Cl2N2O3. The van der Waals surface area contributed by atoms with E-state index in [1.165, 1.54) is 0 Å². The van der Waals surface area contributed by atoms with Crippen LogP contribution < -0.4 is 20.1 Å². The van der Waals surface area contributed by atoms with E-state index in [1.54, 1.807) is 12.1 Å². The first-order valence-corrected chi connectivity index (χ1v) is 6.60. The number of benzene rings is 1. The summed E-state index contributed by atoms with van der Waals surface area (Å²) in [5.41, 5.74) is 0.470. The Morgan fingerprint density at radius 3 is 2.90 bits per heavy atom. The van der Waals surface area contributed by atoms with Gasteiger partial charge in [-0.1, -0.05) is 18.5 Å². The fraction of sp³-hybridized carbons (Fsp3) is 0.462. The molecule has 5 nitrogen and oxygen atoms in total. The predicted molar refractivity (Wildman–Crippen MR) is 80.3 cm³/mol. The molecule has 0 spiro atoms. The highest BCUT2D eigenvalue weighted by atomic mass is 35.5. The molecule has 1 amide bonds. The van der Waals surface area contributed by atoms with E-state index in [9.17, 15) is 4.79 Å². The quantitative estimate of drug-likeness (QED) is 0.873. The zero-order valence-electron chi connectivity index (χ0n) is 11.4. The number of rotatable bonds is 5. The number of ether oxygens (including phenoxy) is 2. The van der Waals surface area contributed by atoms with Gasteiger partial charge in [-0.15, -0.1) is 12.4 Å². The van der Waals surface area contributed by atoms with E-state index in [1.807, 2.05) is 13.8 Å². The lowest BCUT2D eigenvalue weighted by atomic mass is 10.2. The molecule has 1 aliphatic rings. The van der Waals surface area contributed by atoms with Gasteiger partial charge in [0.05, 0.1) is 5.02 Å². The fourth-order valence-corrected chi connectivity index (χ4v) is 2.13. The van der Waals surface area contributed by atoms with Crippen LogP contribution in [0.1, 0.15) is 24.2 Å². The number of halogens is 2. The van der Waals surface area contributed by atoms with Gasteiger partial charge < -0.3 is 20.1 Å². The van der Waals surface area contributed by atoms with Gasteiger partial charge in [0.25, 0.3) is 5.91 Å². The first kappa shape index (κ1) is 16.9. The van der Waals surface area contributed by atoms with E-state index in [4.69, 9.17) is 21.1 Å². The van der Waals surface area contributed by atoms with Crippen molar-refractivity contribution in [2.24, 2.45) is 0 Å². The van der Waals surface area contributed by atoms with E-state index in [0.29, 0.717) is 28.6 Å². The highest BCUT2D eigenvalue weighted by Crippen LogP contribution is 2.39. The van der Waals surface area contributed by atoms with Crippen LogP contribution in [-0.4, -0.2) is 31.8 Å². The van der Waals surface area contributed by atoms with Gasteiger partial charge in [0.15, 0.2) is 11.5 Å². The summed E-state index contributed by atoms with van der Waals surface area (Å²) in [6.07, 6.45) is 0. The van der Waals surface area contributed by atoms with Crippen molar-refractivity contribution in [3.05, 3.63) is 22.7 Å². The van der Waals surface area contributed by atoms with Crippen LogP contribution in [0.15, 0.2) is 12.1 Å². The molecule has 1 atom stereocenters. The number of hydrogen-bond acceptors (Lipinski definition) is 4. The Balaban J connectivity index is 0.00000200. The maximum absolute atomic E-state index is 12.0. The van der Waals surface area contributed by atoms with Crippen molar-refractivity contribution in [1.29, 1.82) is 0 Å². The Morgan fingerprint density at radius 2 is 2.20 bits per heavy atom. The summed E-state index contributed by atoms with van der Waals surface area (Å²) in [5.74, 6) is 0.835. The Labute approximate surface area is 129 Å². The summed E-state index contributed by atoms with van der Waals surface area (Å²) in [5, 5.41) is 6.45. The van der Waals surface area contributed by atoms with E-state index < -0.39 is 0 Å². The lowest BCUT2D eigenvalue weighted by molar-refractivity contribution is 0.0950. The number of hydrogen-bond donors (Lipinski definition) is 2. The minimum absolute atomic E-state index is 0. The van der Waals surface area contributed by atoms with Gasteiger partial charge >= 0.3 is 0 Å². The topological polar surface area (TPSA) is 59.6 Å². The number of fused-ring (bicyclic) bond motifs is 1. The molecule has 0 radical (unpaired) electrons. The summed E-state index contributed by atoms with van der Waals surface area (Å²) in [7, 11) is 0. The SMILES string of the molecule is CCN[C@H](C)CNC(=O)c1cc(Cl)c2c(c1)OCO2.Cl. The summed E-state index contributed by atoms with van der Waals surface area (Å²) in [6, 6.07) is 3.45. The zero-order valence-corrected chi connectivity index (χ0v) is 12.9. The van der Waals surface area contributed by atoms with Crippen molar-refractivity contribution >= 4 is 29.9 Å². The summed E-state index contributed by atoms with van der Waals surface area (Å²) in [6.45, 7) is 5.59. The molecule has 1 aromatic carbocycles. The maximum atomic E-state index is 12.0. The zero-order chi connectivity index (χ0) is 13.8. The average Bonchev–Trinajstić information content (AvgIpc) is 2.85. The normalized spacial score (nSPS) is 13.6. The Hall–Kier alpha value is -1.17. The molecule has 0 aromatic heterocycles. The Kier molecular flexibility index (Phi) is 6.39. The molecule has 0 aliphatic carbocycles. The fourth-order valence-electron chi connectivity index (χ4n) is 1.87. The summed E-state index contributed by atoms with van der Waals surface area (Å²) < 4.78 is 10.4. The molecule has 2 N–H and O–H groups in total. The standard InChI is InChI=1S/C13H17ClN2O3.ClH/c1-3-15-8(2)6-16-13(17)9-4-10(14)12-11(5-9)18-7-19-12;/h4-5,8,15H,3,6-7H2,1-2H3,(H,16,17);1H/t8-;/m1./s1. The molecule has 0 unspecified atom stereocenters. The van der Waals surface area contributed by atoms with Crippen molar-refractivity contribution in [2.45, 2.75) is 19.9 Å². The summed E-state index contributed by atoms with van der Waals surface area (Å²) in [4.78, 5) is 12.0. The minimum Gasteiger partial charge on any atom is -0.454 e. The third kappa shape index (κ3) is 3.91. The second-order valence-electron chi connectivity index (χ2n) is 4.36. The number of nitrogens with one attached hydrogen (secondary N) is 2. The van der Waals surface area contributed by atoms with Crippen LogP contribution in [-0.2, 0) is 0 Å². The smallest absolute Gasteiger partial charge is 0.251 e. The van der Waals surface area contributed by atoms with Crippen molar-refractivity contribution in [2.75, 3.05) is 19.9 Å². The van der Waals surface area contributed by atoms with Crippen LogP contribution in [0.5, 0.6) is 11.5 Å². The molecule has 0 bridgehead atoms. The van der Waals surface area contributed by atoms with Gasteiger partial charge in [0.2, 0.25) is 6.79 Å². The van der Waals surface area contributed by atoms with E-state index in [0.717, 1.165) is 6.54 Å². The van der Waals surface area contributed by atoms with Crippen LogP contribution in [0.25, 0.3) is 0 Å². The highest BCUT2D eigenvalue weighted by Gasteiger charge is 2.20. The maximum Gasteiger partial charge on any atom is 0.251 e. The van der Waals surface area contributed by atoms with Gasteiger partial charge in [0.1, 0.15) is 0 Å². The van der Waals surface area contributed by atoms with Gasteiger partial charge in [-0.05, 0) is 25.6 Å². The molecule has 7 heteroatoms. The van der Waals surface area contributed by atoms with Crippen LogP contribution >= 0.6 is 24.0 Å². The first-order valence-electron chi connectivity index (χ1n) is 6.22. The molecule has 112 valence electrons. The van der Waals surface area contributed by atoms with Gasteiger partial charge in [-0.3, -0.25) is 4.79 Å². The molecule has 0 fully saturated rings. The van der Waals surface area contributed by atoms with Crippen molar-refractivity contribution in [1.82, 2.24) is 10.6 Å². The number of amides is 1. The predicted octanol–water partition coefficient (Wildman–Crippen LogP) is 2.22. The lowest BCUT2D eigenvalue weighted by Crippen LogP contribution is -2.38. The monoisotopic (exact) mass is 320 g/mol. The van der Waals surface area contributed by atoms with Gasteiger partial charge in [-0.25, -0.2) is 0 Å². The molecule has 0 saturated carbocycles. The molecule has 1 heterocycles. The molecule has 2 rings (SSSR count). The number of likely N-dealkylation sites (N-methyl/N-ethyl adjacent to an activating group) is 1. The lowest BCUT2D eigenvalue weighted by Gasteiger charge is -2.13. The molecule has 1 aromatic rings. The van der Waals surface area contributed by atoms with Crippen LogP contribution in [0.2, 0.25) is 5.02 Å². The van der Waals surface area contributed by atoms with Gasteiger partial charge in [-0.2, -0.15) is 0 Å². The Morgan fingerprint density at radius 1 is 1.45 bits per heavy atom. The number of carbonyl (C=O) groups is 1. The van der Waals surface area contributed by atoms with Crippen LogP contribution in [0.4, 0.5) is 0 Å². The highest BCUT2D eigenvalue weighted by molar-refractivity contribution is 6.32. The Bertz CT molecular complexity index is 483. The van der Waals surface area contributed by atoms with Gasteiger partial charge in [0, 0.05) is 18.2 Å². The average molecular weight is 321 g/mol. The van der Waals surface area contributed by atoms with E-state index in [2.05, 4.69) is 10.6 Å². The van der Waals surface area contributed by atoms with E-state index in [-0.39, 0.29) is 31.1 Å². The number of carbonyl (C=O) groups excluding carboxylic acids is 1. The second kappa shape index (κ2) is 7.57. The molecule has 1 aliphatic heterocycles. The van der Waals surface area contributed by atoms with Crippen LogP contribution in [0, 0.1) is 0 Å². The van der Waals surface area contributed by atoms with E-state index >= 15 is 0 Å². The third-order valence-corrected chi connectivity index (χ3v) is 3.09. The van der Waals surface area contributed by atoms with Crippen molar-refractivity contribution < 1.29 is 14.3 Å². The largest absolute Gasteiger partial charge is 0.454 e. The third-order valence-electron chi connectivity index (χ3n) is 2.81. The van der Waals surface area contributed by atoms with Crippen molar-refractivity contribution in [3.8, 4) is 11.5 Å². The van der Waals surface area contributed by atoms with Crippen molar-refractivity contribution in [3.63, 3.8) is 0 Å². The summed E-state index contributed by atoms with van der Waals surface area (Å²) >= 11 is 6.03. The molecule has 0 saturated heterocycles. The van der Waals surface area contributed by atoms with Crippen LogP contribution in [0.3, 0.4) is 0 Å². The molecular weight excluding hydrogens is 303 g/mol.